The molecule has 0 saturated heterocycles. The fourth-order valence-corrected chi connectivity index (χ4v) is 2.29. The van der Waals surface area contributed by atoms with Crippen molar-refractivity contribution < 1.29 is 9.53 Å². The SMILES string of the molecule is COc1ccccc1CN(C)C(=O)c1cccc(N)c1Cl. The van der Waals surface area contributed by atoms with Gasteiger partial charge in [0.2, 0.25) is 0 Å². The van der Waals surface area contributed by atoms with Crippen LogP contribution in [-0.2, 0) is 6.54 Å². The van der Waals surface area contributed by atoms with Crippen molar-refractivity contribution in [3.63, 3.8) is 0 Å². The Labute approximate surface area is 129 Å². The third-order valence-electron chi connectivity index (χ3n) is 3.21. The molecule has 110 valence electrons. The number of benzene rings is 2. The van der Waals surface area contributed by atoms with Crippen molar-refractivity contribution >= 4 is 23.2 Å². The van der Waals surface area contributed by atoms with Crippen molar-refractivity contribution in [2.75, 3.05) is 19.9 Å². The highest BCUT2D eigenvalue weighted by Gasteiger charge is 2.17. The summed E-state index contributed by atoms with van der Waals surface area (Å²) in [5, 5.41) is 0.286. The fourth-order valence-electron chi connectivity index (χ4n) is 2.08. The van der Waals surface area contributed by atoms with Crippen LogP contribution in [0.5, 0.6) is 5.75 Å². The number of nitrogens with zero attached hydrogens (tertiary/aromatic N) is 1. The van der Waals surface area contributed by atoms with Crippen LogP contribution in [0.1, 0.15) is 15.9 Å². The summed E-state index contributed by atoms with van der Waals surface area (Å²) in [4.78, 5) is 14.0. The molecule has 0 aliphatic rings. The van der Waals surface area contributed by atoms with Gasteiger partial charge in [-0.3, -0.25) is 4.79 Å². The van der Waals surface area contributed by atoms with Gasteiger partial charge < -0.3 is 15.4 Å². The summed E-state index contributed by atoms with van der Waals surface area (Å²) in [5.74, 6) is 0.564. The highest BCUT2D eigenvalue weighted by atomic mass is 35.5. The molecular weight excluding hydrogens is 288 g/mol. The van der Waals surface area contributed by atoms with Gasteiger partial charge in [0.05, 0.1) is 23.4 Å². The van der Waals surface area contributed by atoms with Crippen LogP contribution in [-0.4, -0.2) is 25.0 Å². The monoisotopic (exact) mass is 304 g/mol. The molecule has 0 spiro atoms. The van der Waals surface area contributed by atoms with E-state index < -0.39 is 0 Å². The Kier molecular flexibility index (Phi) is 4.70. The molecule has 2 rings (SSSR count). The second kappa shape index (κ2) is 6.50. The minimum Gasteiger partial charge on any atom is -0.496 e. The van der Waals surface area contributed by atoms with Crippen molar-refractivity contribution in [2.45, 2.75) is 6.54 Å². The first-order valence-corrected chi connectivity index (χ1v) is 6.83. The number of nitrogen functional groups attached to an aromatic ring is 1. The molecule has 1 amide bonds. The Morgan fingerprint density at radius 1 is 1.24 bits per heavy atom. The molecule has 0 aliphatic carbocycles. The van der Waals surface area contributed by atoms with E-state index in [-0.39, 0.29) is 10.9 Å². The number of hydrogen-bond acceptors (Lipinski definition) is 3. The summed E-state index contributed by atoms with van der Waals surface area (Å²) in [6.45, 7) is 0.425. The van der Waals surface area contributed by atoms with Crippen LogP contribution in [0.2, 0.25) is 5.02 Å². The van der Waals surface area contributed by atoms with Gasteiger partial charge in [-0.25, -0.2) is 0 Å². The van der Waals surface area contributed by atoms with Gasteiger partial charge in [-0.1, -0.05) is 35.9 Å². The maximum absolute atomic E-state index is 12.5. The zero-order valence-electron chi connectivity index (χ0n) is 12.0. The lowest BCUT2D eigenvalue weighted by Gasteiger charge is -2.19. The molecule has 4 nitrogen and oxygen atoms in total. The summed E-state index contributed by atoms with van der Waals surface area (Å²) >= 11 is 6.10. The minimum atomic E-state index is -0.182. The average molecular weight is 305 g/mol. The molecule has 0 fully saturated rings. The Hall–Kier alpha value is -2.20. The summed E-state index contributed by atoms with van der Waals surface area (Å²) < 4.78 is 5.29. The maximum atomic E-state index is 12.5. The van der Waals surface area contributed by atoms with E-state index in [0.717, 1.165) is 11.3 Å². The lowest BCUT2D eigenvalue weighted by atomic mass is 10.1. The van der Waals surface area contributed by atoms with E-state index in [1.54, 1.807) is 37.3 Å². The molecule has 0 bridgehead atoms. The molecular formula is C16H17ClN2O2. The Morgan fingerprint density at radius 2 is 1.95 bits per heavy atom. The zero-order chi connectivity index (χ0) is 15.4. The molecule has 0 saturated carbocycles. The largest absolute Gasteiger partial charge is 0.496 e. The number of carbonyl (C=O) groups excluding carboxylic acids is 1. The second-order valence-corrected chi connectivity index (χ2v) is 5.06. The lowest BCUT2D eigenvalue weighted by Crippen LogP contribution is -2.26. The average Bonchev–Trinajstić information content (AvgIpc) is 2.50. The zero-order valence-corrected chi connectivity index (χ0v) is 12.7. The van der Waals surface area contributed by atoms with Gasteiger partial charge in [0.15, 0.2) is 0 Å². The quantitative estimate of drug-likeness (QED) is 0.883. The fraction of sp³-hybridized carbons (Fsp3) is 0.188. The number of anilines is 1. The molecule has 0 aliphatic heterocycles. The molecule has 2 N–H and O–H groups in total. The van der Waals surface area contributed by atoms with E-state index >= 15 is 0 Å². The van der Waals surface area contributed by atoms with E-state index in [0.29, 0.717) is 17.8 Å². The van der Waals surface area contributed by atoms with Crippen LogP contribution in [0.4, 0.5) is 5.69 Å². The van der Waals surface area contributed by atoms with Crippen molar-refractivity contribution in [2.24, 2.45) is 0 Å². The number of rotatable bonds is 4. The third-order valence-corrected chi connectivity index (χ3v) is 3.63. The van der Waals surface area contributed by atoms with Crippen molar-refractivity contribution in [3.05, 3.63) is 58.6 Å². The lowest BCUT2D eigenvalue weighted by molar-refractivity contribution is 0.0784. The van der Waals surface area contributed by atoms with Crippen LogP contribution >= 0.6 is 11.6 Å². The summed E-state index contributed by atoms with van der Waals surface area (Å²) in [7, 11) is 3.32. The van der Waals surface area contributed by atoms with Crippen LogP contribution in [0, 0.1) is 0 Å². The molecule has 0 unspecified atom stereocenters. The predicted molar refractivity (Wildman–Crippen MR) is 84.7 cm³/mol. The van der Waals surface area contributed by atoms with Gasteiger partial charge in [0, 0.05) is 19.2 Å². The molecule has 0 radical (unpaired) electrons. The minimum absolute atomic E-state index is 0.182. The van der Waals surface area contributed by atoms with Crippen LogP contribution < -0.4 is 10.5 Å². The van der Waals surface area contributed by atoms with E-state index in [2.05, 4.69) is 0 Å². The topological polar surface area (TPSA) is 55.6 Å². The highest BCUT2D eigenvalue weighted by Crippen LogP contribution is 2.25. The summed E-state index contributed by atoms with van der Waals surface area (Å²) in [5.41, 5.74) is 7.45. The van der Waals surface area contributed by atoms with E-state index in [9.17, 15) is 4.79 Å². The number of nitrogens with two attached hydrogens (primary N) is 1. The highest BCUT2D eigenvalue weighted by molar-refractivity contribution is 6.36. The van der Waals surface area contributed by atoms with Gasteiger partial charge in [-0.05, 0) is 18.2 Å². The van der Waals surface area contributed by atoms with Gasteiger partial charge in [-0.2, -0.15) is 0 Å². The number of carbonyl (C=O) groups is 1. The first-order chi connectivity index (χ1) is 10.0. The van der Waals surface area contributed by atoms with Crippen molar-refractivity contribution in [1.82, 2.24) is 4.90 Å². The van der Waals surface area contributed by atoms with E-state index in [4.69, 9.17) is 22.1 Å². The molecule has 0 atom stereocenters. The Morgan fingerprint density at radius 3 is 2.67 bits per heavy atom. The third kappa shape index (κ3) is 3.28. The summed E-state index contributed by atoms with van der Waals surface area (Å²) in [6, 6.07) is 12.6. The molecule has 2 aromatic rings. The first kappa shape index (κ1) is 15.2. The second-order valence-electron chi connectivity index (χ2n) is 4.68. The Bertz CT molecular complexity index is 658. The molecule has 21 heavy (non-hydrogen) atoms. The molecule has 0 heterocycles. The standard InChI is InChI=1S/C16H17ClN2O2/c1-19(10-11-6-3-4-9-14(11)21-2)16(20)12-7-5-8-13(18)15(12)17/h3-9H,10,18H2,1-2H3. The van der Waals surface area contributed by atoms with E-state index in [1.807, 2.05) is 24.3 Å². The molecule has 2 aromatic carbocycles. The number of para-hydroxylation sites is 1. The van der Waals surface area contributed by atoms with Gasteiger partial charge >= 0.3 is 0 Å². The van der Waals surface area contributed by atoms with Crippen LogP contribution in [0.3, 0.4) is 0 Å². The molecule has 0 aromatic heterocycles. The maximum Gasteiger partial charge on any atom is 0.255 e. The van der Waals surface area contributed by atoms with Crippen molar-refractivity contribution in [1.29, 1.82) is 0 Å². The van der Waals surface area contributed by atoms with Crippen molar-refractivity contribution in [3.8, 4) is 5.75 Å². The smallest absolute Gasteiger partial charge is 0.255 e. The number of hydrogen-bond donors (Lipinski definition) is 1. The predicted octanol–water partition coefficient (Wildman–Crippen LogP) is 3.20. The van der Waals surface area contributed by atoms with Gasteiger partial charge in [0.25, 0.3) is 5.91 Å². The molecule has 5 heteroatoms. The number of ether oxygens (including phenoxy) is 1. The van der Waals surface area contributed by atoms with Gasteiger partial charge in [-0.15, -0.1) is 0 Å². The number of halogens is 1. The number of methoxy groups -OCH3 is 1. The van der Waals surface area contributed by atoms with E-state index in [1.165, 1.54) is 0 Å². The number of amides is 1. The Balaban J connectivity index is 2.22. The summed E-state index contributed by atoms with van der Waals surface area (Å²) in [6.07, 6.45) is 0. The normalized spacial score (nSPS) is 10.2. The van der Waals surface area contributed by atoms with Crippen LogP contribution in [0.15, 0.2) is 42.5 Å². The first-order valence-electron chi connectivity index (χ1n) is 6.46. The van der Waals surface area contributed by atoms with Crippen LogP contribution in [0.25, 0.3) is 0 Å². The van der Waals surface area contributed by atoms with Gasteiger partial charge in [0.1, 0.15) is 5.75 Å².